The monoisotopic (exact) mass is 352 g/mol. The van der Waals surface area contributed by atoms with Crippen LogP contribution in [-0.2, 0) is 0 Å². The molecule has 0 aliphatic rings. The number of rotatable bonds is 2. The molecular weight excluding hydrogens is 340 g/mol. The highest BCUT2D eigenvalue weighted by Crippen LogP contribution is 2.28. The van der Waals surface area contributed by atoms with Gasteiger partial charge in [0, 0.05) is 24.2 Å². The van der Waals surface area contributed by atoms with Crippen molar-refractivity contribution in [3.05, 3.63) is 73.2 Å². The molecule has 27 heavy (non-hydrogen) atoms. The van der Waals surface area contributed by atoms with Crippen LogP contribution in [0.15, 0.2) is 77.6 Å². The van der Waals surface area contributed by atoms with Crippen LogP contribution in [0, 0.1) is 0 Å². The molecule has 0 N–H and O–H groups in total. The van der Waals surface area contributed by atoms with E-state index >= 15 is 0 Å². The molecule has 5 aromatic heterocycles. The number of oxazole rings is 1. The number of benzene rings is 1. The summed E-state index contributed by atoms with van der Waals surface area (Å²) in [4.78, 5) is 9.16. The van der Waals surface area contributed by atoms with Crippen molar-refractivity contribution in [3.63, 3.8) is 0 Å². The molecule has 7 nitrogen and oxygen atoms in total. The summed E-state index contributed by atoms with van der Waals surface area (Å²) in [5.41, 5.74) is 5.07. The molecule has 7 heteroatoms. The molecule has 0 amide bonds. The van der Waals surface area contributed by atoms with Crippen molar-refractivity contribution in [2.24, 2.45) is 0 Å². The summed E-state index contributed by atoms with van der Waals surface area (Å²) in [6.45, 7) is 0. The summed E-state index contributed by atoms with van der Waals surface area (Å²) in [7, 11) is 0. The molecule has 6 rings (SSSR count). The van der Waals surface area contributed by atoms with Crippen LogP contribution in [0.1, 0.15) is 0 Å². The van der Waals surface area contributed by atoms with Crippen molar-refractivity contribution in [1.82, 2.24) is 29.2 Å². The lowest BCUT2D eigenvalue weighted by molar-refractivity contribution is 0.619. The summed E-state index contributed by atoms with van der Waals surface area (Å²) in [5, 5.41) is 8.78. The minimum atomic E-state index is 0.558. The quantitative estimate of drug-likeness (QED) is 0.473. The molecule has 6 aromatic rings. The van der Waals surface area contributed by atoms with E-state index < -0.39 is 0 Å². The fourth-order valence-corrected chi connectivity index (χ4v) is 3.18. The van der Waals surface area contributed by atoms with Gasteiger partial charge in [0.15, 0.2) is 17.1 Å². The van der Waals surface area contributed by atoms with Crippen LogP contribution in [0.2, 0.25) is 0 Å². The zero-order chi connectivity index (χ0) is 17.8. The fraction of sp³-hybridized carbons (Fsp3) is 0. The van der Waals surface area contributed by atoms with Crippen LogP contribution < -0.4 is 0 Å². The lowest BCUT2D eigenvalue weighted by Gasteiger charge is -1.96. The van der Waals surface area contributed by atoms with Gasteiger partial charge in [0.25, 0.3) is 0 Å². The maximum Gasteiger partial charge on any atom is 0.228 e. The van der Waals surface area contributed by atoms with Gasteiger partial charge in [0.05, 0.1) is 11.1 Å². The van der Waals surface area contributed by atoms with E-state index in [4.69, 9.17) is 4.42 Å². The first-order valence-electron chi connectivity index (χ1n) is 8.50. The first-order chi connectivity index (χ1) is 13.3. The zero-order valence-electron chi connectivity index (χ0n) is 14.0. The van der Waals surface area contributed by atoms with Crippen molar-refractivity contribution in [3.8, 4) is 22.8 Å². The maximum absolute atomic E-state index is 6.00. The number of nitrogens with zero attached hydrogens (tertiary/aromatic N) is 6. The summed E-state index contributed by atoms with van der Waals surface area (Å²) >= 11 is 0. The summed E-state index contributed by atoms with van der Waals surface area (Å²) in [6.07, 6.45) is 5.55. The van der Waals surface area contributed by atoms with Crippen molar-refractivity contribution >= 4 is 22.3 Å². The van der Waals surface area contributed by atoms with Gasteiger partial charge in [-0.05, 0) is 48.5 Å². The summed E-state index contributed by atoms with van der Waals surface area (Å²) in [5.74, 6) is 1.21. The molecule has 0 aliphatic heterocycles. The third-order valence-corrected chi connectivity index (χ3v) is 4.53. The predicted molar refractivity (Wildman–Crippen MR) is 100 cm³/mol. The Morgan fingerprint density at radius 1 is 0.852 bits per heavy atom. The Morgan fingerprint density at radius 3 is 2.78 bits per heavy atom. The Labute approximate surface area is 152 Å². The predicted octanol–water partition coefficient (Wildman–Crippen LogP) is 3.85. The minimum Gasteiger partial charge on any atom is -0.436 e. The normalized spacial score (nSPS) is 11.7. The van der Waals surface area contributed by atoms with E-state index in [1.807, 2.05) is 67.0 Å². The maximum atomic E-state index is 6.00. The summed E-state index contributed by atoms with van der Waals surface area (Å²) < 4.78 is 9.56. The number of fused-ring (bicyclic) bond motifs is 3. The molecule has 0 bridgehead atoms. The van der Waals surface area contributed by atoms with Gasteiger partial charge in [-0.15, -0.1) is 5.10 Å². The molecule has 0 saturated heterocycles. The van der Waals surface area contributed by atoms with Crippen molar-refractivity contribution in [2.75, 3.05) is 0 Å². The Bertz CT molecular complexity index is 1410. The van der Waals surface area contributed by atoms with Crippen LogP contribution in [-0.4, -0.2) is 29.2 Å². The lowest BCUT2D eigenvalue weighted by atomic mass is 10.2. The highest BCUT2D eigenvalue weighted by Gasteiger charge is 2.12. The molecular formula is C20H12N6O. The smallest absolute Gasteiger partial charge is 0.228 e. The van der Waals surface area contributed by atoms with E-state index in [1.165, 1.54) is 0 Å². The molecule has 0 aliphatic carbocycles. The van der Waals surface area contributed by atoms with Crippen molar-refractivity contribution in [1.29, 1.82) is 0 Å². The topological polar surface area (TPSA) is 73.5 Å². The zero-order valence-corrected chi connectivity index (χ0v) is 14.0. The van der Waals surface area contributed by atoms with E-state index in [-0.39, 0.29) is 0 Å². The van der Waals surface area contributed by atoms with Crippen molar-refractivity contribution < 1.29 is 4.42 Å². The fourth-order valence-electron chi connectivity index (χ4n) is 3.18. The number of aromatic nitrogens is 6. The second-order valence-electron chi connectivity index (χ2n) is 6.26. The lowest BCUT2D eigenvalue weighted by Crippen LogP contribution is -1.87. The second-order valence-corrected chi connectivity index (χ2v) is 6.26. The molecule has 0 fully saturated rings. The largest absolute Gasteiger partial charge is 0.436 e. The molecule has 0 atom stereocenters. The van der Waals surface area contributed by atoms with Gasteiger partial charge in [-0.25, -0.2) is 19.0 Å². The Morgan fingerprint density at radius 2 is 1.81 bits per heavy atom. The van der Waals surface area contributed by atoms with Crippen LogP contribution in [0.5, 0.6) is 0 Å². The number of pyridine rings is 2. The first-order valence-corrected chi connectivity index (χ1v) is 8.50. The highest BCUT2D eigenvalue weighted by molar-refractivity contribution is 5.81. The average Bonchev–Trinajstić information content (AvgIpc) is 3.42. The van der Waals surface area contributed by atoms with Crippen LogP contribution in [0.3, 0.4) is 0 Å². The third-order valence-electron chi connectivity index (χ3n) is 4.53. The van der Waals surface area contributed by atoms with Crippen molar-refractivity contribution in [2.45, 2.75) is 0 Å². The van der Waals surface area contributed by atoms with Crippen LogP contribution >= 0.6 is 0 Å². The van der Waals surface area contributed by atoms with Crippen LogP contribution in [0.4, 0.5) is 0 Å². The molecule has 5 heterocycles. The first kappa shape index (κ1) is 14.2. The van der Waals surface area contributed by atoms with Gasteiger partial charge in [0.2, 0.25) is 5.89 Å². The molecule has 1 aromatic carbocycles. The summed E-state index contributed by atoms with van der Waals surface area (Å²) in [6, 6.07) is 17.5. The molecule has 128 valence electrons. The highest BCUT2D eigenvalue weighted by atomic mass is 16.3. The van der Waals surface area contributed by atoms with E-state index in [1.54, 1.807) is 15.2 Å². The van der Waals surface area contributed by atoms with E-state index in [0.29, 0.717) is 17.3 Å². The second kappa shape index (κ2) is 5.25. The third kappa shape index (κ3) is 2.22. The SMILES string of the molecule is c1ccn2nc(-c3ccc4nc(-c5ccc6ccnn6c5)oc4c3)nc2c1. The van der Waals surface area contributed by atoms with Gasteiger partial charge in [-0.1, -0.05) is 6.07 Å². The minimum absolute atomic E-state index is 0.558. The average molecular weight is 352 g/mol. The molecule has 0 spiro atoms. The molecule has 0 unspecified atom stereocenters. The van der Waals surface area contributed by atoms with E-state index in [2.05, 4.69) is 20.2 Å². The van der Waals surface area contributed by atoms with Gasteiger partial charge in [-0.2, -0.15) is 5.10 Å². The van der Waals surface area contributed by atoms with Crippen LogP contribution in [0.25, 0.3) is 45.1 Å². The Balaban J connectivity index is 1.46. The van der Waals surface area contributed by atoms with Gasteiger partial charge < -0.3 is 4.42 Å². The Kier molecular flexibility index (Phi) is 2.76. The molecule has 0 radical (unpaired) electrons. The molecule has 0 saturated carbocycles. The Hall–Kier alpha value is -4.00. The van der Waals surface area contributed by atoms with Gasteiger partial charge in [0.1, 0.15) is 5.52 Å². The number of hydrogen-bond donors (Lipinski definition) is 0. The van der Waals surface area contributed by atoms with E-state index in [9.17, 15) is 0 Å². The van der Waals surface area contributed by atoms with E-state index in [0.717, 1.165) is 27.8 Å². The van der Waals surface area contributed by atoms with Gasteiger partial charge >= 0.3 is 0 Å². The van der Waals surface area contributed by atoms with Gasteiger partial charge in [-0.3, -0.25) is 0 Å². The number of hydrogen-bond acceptors (Lipinski definition) is 5. The standard InChI is InChI=1S/C20H12N6O/c1-2-10-25-18(3-1)23-19(24-25)13-5-7-16-17(11-13)27-20(22-16)14-4-6-15-8-9-21-26(15)12-14/h1-12H.